The molecule has 1 aliphatic rings. The molecule has 0 saturated heterocycles. The second-order valence-electron chi connectivity index (χ2n) is 7.69. The molecule has 0 N–H and O–H groups in total. The summed E-state index contributed by atoms with van der Waals surface area (Å²) in [6.45, 7) is -0.590. The molecule has 1 fully saturated rings. The molecule has 0 amide bonds. The molecular formula is C20H17F6N5OS. The molecule has 176 valence electrons. The molecule has 0 bridgehead atoms. The van der Waals surface area contributed by atoms with Gasteiger partial charge in [-0.05, 0) is 37.0 Å². The Balaban J connectivity index is 1.82. The van der Waals surface area contributed by atoms with Crippen molar-refractivity contribution < 1.29 is 26.3 Å². The predicted octanol–water partition coefficient (Wildman–Crippen LogP) is 5.29. The first-order chi connectivity index (χ1) is 15.5. The topological polar surface area (TPSA) is 73.6 Å². The Bertz CT molecular complexity index is 1200. The van der Waals surface area contributed by atoms with Crippen LogP contribution in [0.2, 0.25) is 0 Å². The standard InChI is InChI=1S/C20H17F6N5OS/c21-19(22,23)13-7-4-8-27-15(13)10-31-17(32)12(11-5-2-1-3-6-11)9-14(30-31)16-28-29-18(33-16)20(24,25)26/h4,7-9,11H,1-3,5-6,10H2. The SMILES string of the molecule is O=c1c(C2CCCCC2)cc(-c2nnc(C(F)(F)F)s2)nn1Cc1ncccc1C(F)(F)F. The highest BCUT2D eigenvalue weighted by Gasteiger charge is 2.36. The van der Waals surface area contributed by atoms with Crippen LogP contribution in [0.3, 0.4) is 0 Å². The van der Waals surface area contributed by atoms with Crippen LogP contribution in [0.4, 0.5) is 26.3 Å². The average Bonchev–Trinajstić information content (AvgIpc) is 3.26. The van der Waals surface area contributed by atoms with Gasteiger partial charge >= 0.3 is 12.4 Å². The molecule has 1 saturated carbocycles. The maximum Gasteiger partial charge on any atom is 0.445 e. The molecule has 13 heteroatoms. The van der Waals surface area contributed by atoms with Crippen LogP contribution in [0.1, 0.15) is 59.9 Å². The zero-order valence-electron chi connectivity index (χ0n) is 16.9. The molecule has 1 aliphatic carbocycles. The van der Waals surface area contributed by atoms with Gasteiger partial charge in [0.2, 0.25) is 5.01 Å². The Labute approximate surface area is 187 Å². The van der Waals surface area contributed by atoms with Crippen LogP contribution in [0.15, 0.2) is 29.2 Å². The van der Waals surface area contributed by atoms with Crippen molar-refractivity contribution in [3.8, 4) is 10.7 Å². The van der Waals surface area contributed by atoms with E-state index in [1.807, 2.05) is 0 Å². The highest BCUT2D eigenvalue weighted by atomic mass is 32.1. The molecule has 3 heterocycles. The lowest BCUT2D eigenvalue weighted by atomic mass is 9.84. The van der Waals surface area contributed by atoms with Gasteiger partial charge < -0.3 is 0 Å². The summed E-state index contributed by atoms with van der Waals surface area (Å²) in [7, 11) is 0. The van der Waals surface area contributed by atoms with Gasteiger partial charge in [0.05, 0.1) is 17.8 Å². The summed E-state index contributed by atoms with van der Waals surface area (Å²) in [6.07, 6.45) is -4.10. The lowest BCUT2D eigenvalue weighted by Gasteiger charge is -2.22. The lowest BCUT2D eigenvalue weighted by molar-refractivity contribution is -0.139. The van der Waals surface area contributed by atoms with Crippen LogP contribution in [0, 0.1) is 0 Å². The minimum atomic E-state index is -4.70. The Morgan fingerprint density at radius 2 is 1.76 bits per heavy atom. The molecule has 0 aromatic carbocycles. The number of halogens is 6. The molecule has 3 aromatic rings. The summed E-state index contributed by atoms with van der Waals surface area (Å²) in [5.41, 5.74) is -1.77. The van der Waals surface area contributed by atoms with Crippen molar-refractivity contribution in [2.75, 3.05) is 0 Å². The smallest absolute Gasteiger partial charge is 0.267 e. The third-order valence-corrected chi connectivity index (χ3v) is 6.42. The van der Waals surface area contributed by atoms with Crippen LogP contribution in [0.5, 0.6) is 0 Å². The number of pyridine rings is 1. The summed E-state index contributed by atoms with van der Waals surface area (Å²) in [4.78, 5) is 16.9. The fourth-order valence-electron chi connectivity index (χ4n) is 3.89. The van der Waals surface area contributed by atoms with E-state index < -0.39 is 40.7 Å². The zero-order chi connectivity index (χ0) is 23.8. The molecule has 33 heavy (non-hydrogen) atoms. The van der Waals surface area contributed by atoms with Crippen LogP contribution < -0.4 is 5.56 Å². The summed E-state index contributed by atoms with van der Waals surface area (Å²) in [5, 5.41) is 9.39. The van der Waals surface area contributed by atoms with Gasteiger partial charge in [0.25, 0.3) is 5.56 Å². The Morgan fingerprint density at radius 1 is 1.03 bits per heavy atom. The van der Waals surface area contributed by atoms with Gasteiger partial charge in [0.15, 0.2) is 5.01 Å². The number of nitrogens with zero attached hydrogens (tertiary/aromatic N) is 5. The van der Waals surface area contributed by atoms with Crippen molar-refractivity contribution in [1.82, 2.24) is 25.0 Å². The van der Waals surface area contributed by atoms with E-state index in [9.17, 15) is 31.1 Å². The van der Waals surface area contributed by atoms with E-state index in [0.29, 0.717) is 18.4 Å². The van der Waals surface area contributed by atoms with Gasteiger partial charge in [-0.1, -0.05) is 30.6 Å². The summed E-state index contributed by atoms with van der Waals surface area (Å²) in [5.74, 6) is -0.167. The van der Waals surface area contributed by atoms with Gasteiger partial charge in [-0.2, -0.15) is 31.4 Å². The highest BCUT2D eigenvalue weighted by Crippen LogP contribution is 2.36. The monoisotopic (exact) mass is 489 g/mol. The molecule has 0 aliphatic heterocycles. The van der Waals surface area contributed by atoms with E-state index in [1.165, 1.54) is 12.3 Å². The van der Waals surface area contributed by atoms with Crippen LogP contribution in [-0.2, 0) is 18.9 Å². The van der Waals surface area contributed by atoms with E-state index in [4.69, 9.17) is 0 Å². The van der Waals surface area contributed by atoms with Crippen molar-refractivity contribution in [2.24, 2.45) is 0 Å². The van der Waals surface area contributed by atoms with Crippen molar-refractivity contribution >= 4 is 11.3 Å². The molecule has 4 rings (SSSR count). The van der Waals surface area contributed by atoms with Crippen molar-refractivity contribution in [2.45, 2.75) is 56.9 Å². The molecular weight excluding hydrogens is 472 g/mol. The van der Waals surface area contributed by atoms with Crippen molar-refractivity contribution in [3.05, 3.63) is 56.6 Å². The molecule has 0 radical (unpaired) electrons. The largest absolute Gasteiger partial charge is 0.445 e. The van der Waals surface area contributed by atoms with Crippen LogP contribution >= 0.6 is 11.3 Å². The summed E-state index contributed by atoms with van der Waals surface area (Å²) < 4.78 is 80.0. The second-order valence-corrected chi connectivity index (χ2v) is 8.67. The normalized spacial score (nSPS) is 15.7. The quantitative estimate of drug-likeness (QED) is 0.466. The van der Waals surface area contributed by atoms with E-state index in [-0.39, 0.29) is 28.0 Å². The minimum Gasteiger partial charge on any atom is -0.267 e. The van der Waals surface area contributed by atoms with E-state index in [0.717, 1.165) is 36.1 Å². The minimum absolute atomic E-state index is 0.0485. The Morgan fingerprint density at radius 3 is 2.39 bits per heavy atom. The number of alkyl halides is 6. The molecule has 6 nitrogen and oxygen atoms in total. The third-order valence-electron chi connectivity index (χ3n) is 5.43. The summed E-state index contributed by atoms with van der Waals surface area (Å²) >= 11 is 0.256. The fourth-order valence-corrected chi connectivity index (χ4v) is 4.55. The first kappa shape index (κ1) is 23.3. The number of hydrogen-bond donors (Lipinski definition) is 0. The van der Waals surface area contributed by atoms with E-state index in [1.54, 1.807) is 0 Å². The van der Waals surface area contributed by atoms with E-state index in [2.05, 4.69) is 20.3 Å². The molecule has 3 aromatic heterocycles. The Hall–Kier alpha value is -2.83. The third kappa shape index (κ3) is 5.07. The molecule has 0 unspecified atom stereocenters. The van der Waals surface area contributed by atoms with Crippen molar-refractivity contribution in [1.29, 1.82) is 0 Å². The van der Waals surface area contributed by atoms with Gasteiger partial charge in [-0.3, -0.25) is 9.78 Å². The van der Waals surface area contributed by atoms with Gasteiger partial charge in [0, 0.05) is 11.8 Å². The fraction of sp³-hybridized carbons (Fsp3) is 0.450. The van der Waals surface area contributed by atoms with E-state index >= 15 is 0 Å². The first-order valence-corrected chi connectivity index (χ1v) is 10.9. The maximum absolute atomic E-state index is 13.4. The average molecular weight is 489 g/mol. The van der Waals surface area contributed by atoms with Crippen LogP contribution in [-0.4, -0.2) is 25.0 Å². The first-order valence-electron chi connectivity index (χ1n) is 10.1. The second kappa shape index (κ2) is 8.84. The number of hydrogen-bond acceptors (Lipinski definition) is 6. The predicted molar refractivity (Wildman–Crippen MR) is 107 cm³/mol. The van der Waals surface area contributed by atoms with Crippen molar-refractivity contribution in [3.63, 3.8) is 0 Å². The van der Waals surface area contributed by atoms with Crippen LogP contribution in [0.25, 0.3) is 10.7 Å². The maximum atomic E-state index is 13.4. The lowest BCUT2D eigenvalue weighted by Crippen LogP contribution is -2.30. The number of rotatable bonds is 4. The van der Waals surface area contributed by atoms with Gasteiger partial charge in [0.1, 0.15) is 5.69 Å². The highest BCUT2D eigenvalue weighted by molar-refractivity contribution is 7.14. The van der Waals surface area contributed by atoms with Gasteiger partial charge in [-0.15, -0.1) is 10.2 Å². The Kier molecular flexibility index (Phi) is 6.25. The molecule has 0 atom stereocenters. The molecule has 0 spiro atoms. The summed E-state index contributed by atoms with van der Waals surface area (Å²) in [6, 6.07) is 3.37. The zero-order valence-corrected chi connectivity index (χ0v) is 17.8. The number of aromatic nitrogens is 5. The van der Waals surface area contributed by atoms with Gasteiger partial charge in [-0.25, -0.2) is 4.68 Å².